The standard InChI is InChI=1S/C17H19BrClNO/c1-3-20-12(2)13-8-9-17(16(19)10-13)21-11-14-6-4-5-7-15(14)18/h4-10,12,20H,3,11H2,1-2H3. The number of hydrogen-bond acceptors (Lipinski definition) is 2. The molecule has 112 valence electrons. The second-order valence-corrected chi connectivity index (χ2v) is 6.11. The molecule has 0 saturated carbocycles. The number of hydrogen-bond donors (Lipinski definition) is 1. The summed E-state index contributed by atoms with van der Waals surface area (Å²) in [7, 11) is 0. The minimum absolute atomic E-state index is 0.282. The van der Waals surface area contributed by atoms with E-state index in [-0.39, 0.29) is 6.04 Å². The molecule has 0 spiro atoms. The number of rotatable bonds is 6. The van der Waals surface area contributed by atoms with E-state index in [9.17, 15) is 0 Å². The van der Waals surface area contributed by atoms with Gasteiger partial charge >= 0.3 is 0 Å². The van der Waals surface area contributed by atoms with Crippen molar-refractivity contribution >= 4 is 27.5 Å². The van der Waals surface area contributed by atoms with Crippen molar-refractivity contribution in [3.05, 3.63) is 63.1 Å². The molecule has 0 saturated heterocycles. The largest absolute Gasteiger partial charge is 0.487 e. The maximum atomic E-state index is 6.32. The minimum atomic E-state index is 0.282. The summed E-state index contributed by atoms with van der Waals surface area (Å²) in [6, 6.07) is 14.2. The molecule has 2 aromatic carbocycles. The predicted molar refractivity (Wildman–Crippen MR) is 92.0 cm³/mol. The van der Waals surface area contributed by atoms with Gasteiger partial charge in [-0.3, -0.25) is 0 Å². The summed E-state index contributed by atoms with van der Waals surface area (Å²) in [6.45, 7) is 5.63. The van der Waals surface area contributed by atoms with E-state index in [0.717, 1.165) is 22.1 Å². The summed E-state index contributed by atoms with van der Waals surface area (Å²) in [5.41, 5.74) is 2.26. The molecule has 2 rings (SSSR count). The molecule has 0 aliphatic carbocycles. The van der Waals surface area contributed by atoms with Crippen LogP contribution in [0.3, 0.4) is 0 Å². The van der Waals surface area contributed by atoms with Crippen LogP contribution in [0, 0.1) is 0 Å². The Morgan fingerprint density at radius 2 is 2.00 bits per heavy atom. The maximum absolute atomic E-state index is 6.32. The van der Waals surface area contributed by atoms with Crippen molar-refractivity contribution in [1.29, 1.82) is 0 Å². The van der Waals surface area contributed by atoms with Gasteiger partial charge in [-0.1, -0.05) is 58.7 Å². The minimum Gasteiger partial charge on any atom is -0.487 e. The Bertz CT molecular complexity index is 603. The van der Waals surface area contributed by atoms with E-state index >= 15 is 0 Å². The van der Waals surface area contributed by atoms with Gasteiger partial charge in [-0.2, -0.15) is 0 Å². The third kappa shape index (κ3) is 4.47. The van der Waals surface area contributed by atoms with E-state index in [0.29, 0.717) is 17.4 Å². The number of ether oxygens (including phenoxy) is 1. The van der Waals surface area contributed by atoms with Crippen molar-refractivity contribution in [2.75, 3.05) is 6.54 Å². The molecule has 1 N–H and O–H groups in total. The van der Waals surface area contributed by atoms with Gasteiger partial charge in [0.2, 0.25) is 0 Å². The third-order valence-electron chi connectivity index (χ3n) is 3.31. The van der Waals surface area contributed by atoms with Gasteiger partial charge in [0.05, 0.1) is 5.02 Å². The Labute approximate surface area is 139 Å². The molecule has 21 heavy (non-hydrogen) atoms. The number of halogens is 2. The molecule has 4 heteroatoms. The quantitative estimate of drug-likeness (QED) is 0.742. The first kappa shape index (κ1) is 16.3. The zero-order valence-corrected chi connectivity index (χ0v) is 14.5. The number of nitrogens with one attached hydrogen (secondary N) is 1. The monoisotopic (exact) mass is 367 g/mol. The van der Waals surface area contributed by atoms with Crippen LogP contribution in [-0.2, 0) is 6.61 Å². The van der Waals surface area contributed by atoms with E-state index in [1.54, 1.807) is 0 Å². The lowest BCUT2D eigenvalue weighted by atomic mass is 10.1. The lowest BCUT2D eigenvalue weighted by Crippen LogP contribution is -2.17. The van der Waals surface area contributed by atoms with Gasteiger partial charge in [-0.25, -0.2) is 0 Å². The fourth-order valence-corrected chi connectivity index (χ4v) is 2.74. The fourth-order valence-electron chi connectivity index (χ4n) is 2.10. The Kier molecular flexibility index (Phi) is 6.09. The molecule has 0 aliphatic heterocycles. The first-order valence-electron chi connectivity index (χ1n) is 7.01. The van der Waals surface area contributed by atoms with Crippen molar-refractivity contribution in [2.24, 2.45) is 0 Å². The second kappa shape index (κ2) is 7.83. The Hall–Kier alpha value is -1.03. The smallest absolute Gasteiger partial charge is 0.138 e. The Morgan fingerprint density at radius 3 is 2.67 bits per heavy atom. The summed E-state index contributed by atoms with van der Waals surface area (Å²) in [5.74, 6) is 0.708. The normalized spacial score (nSPS) is 12.2. The van der Waals surface area contributed by atoms with Crippen molar-refractivity contribution in [3.63, 3.8) is 0 Å². The first-order valence-corrected chi connectivity index (χ1v) is 8.18. The molecule has 0 fully saturated rings. The highest BCUT2D eigenvalue weighted by Gasteiger charge is 2.09. The molecular formula is C17H19BrClNO. The van der Waals surface area contributed by atoms with Gasteiger partial charge in [-0.15, -0.1) is 0 Å². The molecule has 0 radical (unpaired) electrons. The molecule has 2 nitrogen and oxygen atoms in total. The summed E-state index contributed by atoms with van der Waals surface area (Å²) in [5, 5.41) is 4.01. The highest BCUT2D eigenvalue weighted by Crippen LogP contribution is 2.29. The molecular weight excluding hydrogens is 350 g/mol. The zero-order valence-electron chi connectivity index (χ0n) is 12.2. The van der Waals surface area contributed by atoms with Crippen LogP contribution in [0.25, 0.3) is 0 Å². The van der Waals surface area contributed by atoms with Crippen LogP contribution >= 0.6 is 27.5 Å². The topological polar surface area (TPSA) is 21.3 Å². The van der Waals surface area contributed by atoms with Crippen LogP contribution in [0.15, 0.2) is 46.9 Å². The van der Waals surface area contributed by atoms with Crippen molar-refractivity contribution in [3.8, 4) is 5.75 Å². The van der Waals surface area contributed by atoms with E-state index in [4.69, 9.17) is 16.3 Å². The van der Waals surface area contributed by atoms with Gasteiger partial charge in [0.15, 0.2) is 0 Å². The highest BCUT2D eigenvalue weighted by atomic mass is 79.9. The van der Waals surface area contributed by atoms with E-state index in [1.807, 2.05) is 36.4 Å². The molecule has 0 aromatic heterocycles. The molecule has 1 atom stereocenters. The molecule has 2 aromatic rings. The van der Waals surface area contributed by atoms with Crippen LogP contribution in [0.1, 0.15) is 31.0 Å². The van der Waals surface area contributed by atoms with Crippen LogP contribution in [-0.4, -0.2) is 6.54 Å². The summed E-state index contributed by atoms with van der Waals surface area (Å²) in [4.78, 5) is 0. The average molecular weight is 369 g/mol. The molecule has 0 amide bonds. The van der Waals surface area contributed by atoms with Crippen LogP contribution in [0.2, 0.25) is 5.02 Å². The van der Waals surface area contributed by atoms with Gasteiger partial charge in [0.1, 0.15) is 12.4 Å². The predicted octanol–water partition coefficient (Wildman–Crippen LogP) is 5.35. The van der Waals surface area contributed by atoms with Gasteiger partial charge in [-0.05, 0) is 37.2 Å². The van der Waals surface area contributed by atoms with Crippen molar-refractivity contribution in [1.82, 2.24) is 5.32 Å². The van der Waals surface area contributed by atoms with Crippen LogP contribution in [0.4, 0.5) is 0 Å². The first-order chi connectivity index (χ1) is 10.1. The van der Waals surface area contributed by atoms with E-state index < -0.39 is 0 Å². The lowest BCUT2D eigenvalue weighted by molar-refractivity contribution is 0.305. The molecule has 0 bridgehead atoms. The van der Waals surface area contributed by atoms with Crippen LogP contribution < -0.4 is 10.1 Å². The molecule has 0 aliphatic rings. The van der Waals surface area contributed by atoms with E-state index in [2.05, 4.69) is 41.2 Å². The Morgan fingerprint density at radius 1 is 1.24 bits per heavy atom. The summed E-state index contributed by atoms with van der Waals surface area (Å²) < 4.78 is 6.86. The van der Waals surface area contributed by atoms with Crippen molar-refractivity contribution < 1.29 is 4.74 Å². The number of benzene rings is 2. The van der Waals surface area contributed by atoms with Gasteiger partial charge in [0, 0.05) is 16.1 Å². The van der Waals surface area contributed by atoms with Crippen molar-refractivity contribution in [2.45, 2.75) is 26.5 Å². The molecule has 1 unspecified atom stereocenters. The lowest BCUT2D eigenvalue weighted by Gasteiger charge is -2.15. The zero-order chi connectivity index (χ0) is 15.2. The Balaban J connectivity index is 2.06. The SMILES string of the molecule is CCNC(C)c1ccc(OCc2ccccc2Br)c(Cl)c1. The summed E-state index contributed by atoms with van der Waals surface area (Å²) >= 11 is 9.83. The van der Waals surface area contributed by atoms with Gasteiger partial charge < -0.3 is 10.1 Å². The summed E-state index contributed by atoms with van der Waals surface area (Å²) in [6.07, 6.45) is 0. The van der Waals surface area contributed by atoms with Gasteiger partial charge in [0.25, 0.3) is 0 Å². The second-order valence-electron chi connectivity index (χ2n) is 4.85. The molecule has 0 heterocycles. The average Bonchev–Trinajstić information content (AvgIpc) is 2.47. The fraction of sp³-hybridized carbons (Fsp3) is 0.294. The highest BCUT2D eigenvalue weighted by molar-refractivity contribution is 9.10. The van der Waals surface area contributed by atoms with Crippen LogP contribution in [0.5, 0.6) is 5.75 Å². The maximum Gasteiger partial charge on any atom is 0.138 e. The third-order valence-corrected chi connectivity index (χ3v) is 4.38. The van der Waals surface area contributed by atoms with E-state index in [1.165, 1.54) is 0 Å².